The fraction of sp³-hybridized carbons (Fsp3) is 0.593. The molecule has 1 fully saturated rings. The van der Waals surface area contributed by atoms with Crippen molar-refractivity contribution < 1.29 is 18.6 Å². The van der Waals surface area contributed by atoms with Gasteiger partial charge < -0.3 is 14.2 Å². The largest absolute Gasteiger partial charge is 0.494 e. The molecule has 1 aromatic carbocycles. The number of benzene rings is 1. The summed E-state index contributed by atoms with van der Waals surface area (Å²) in [5.41, 5.74) is 1.43. The van der Waals surface area contributed by atoms with E-state index in [1.165, 1.54) is 51.4 Å². The maximum Gasteiger partial charge on any atom is 0.255 e. The van der Waals surface area contributed by atoms with Crippen molar-refractivity contribution in [2.75, 3.05) is 13.2 Å². The molecule has 0 bridgehead atoms. The van der Waals surface area contributed by atoms with E-state index in [2.05, 4.69) is 18.8 Å². The highest BCUT2D eigenvalue weighted by Crippen LogP contribution is 2.29. The molecule has 1 aromatic heterocycles. The number of rotatable bonds is 16. The summed E-state index contributed by atoms with van der Waals surface area (Å²) in [6, 6.07) is 11.1. The summed E-state index contributed by atoms with van der Waals surface area (Å²) in [7, 11) is 0. The van der Waals surface area contributed by atoms with Gasteiger partial charge in [0.1, 0.15) is 18.5 Å². The normalized spacial score (nSPS) is 17.3. The second-order valence-corrected chi connectivity index (χ2v) is 8.65. The first kappa shape index (κ1) is 24.5. The lowest BCUT2D eigenvalue weighted by Gasteiger charge is -2.09. The van der Waals surface area contributed by atoms with E-state index in [1.807, 2.05) is 24.3 Å². The van der Waals surface area contributed by atoms with E-state index < -0.39 is 5.95 Å². The Morgan fingerprint density at radius 3 is 2.28 bits per heavy atom. The summed E-state index contributed by atoms with van der Waals surface area (Å²) in [5.74, 6) is 0.421. The van der Waals surface area contributed by atoms with Crippen LogP contribution < -0.4 is 9.47 Å². The van der Waals surface area contributed by atoms with Crippen LogP contribution in [-0.2, 0) is 4.74 Å². The van der Waals surface area contributed by atoms with E-state index in [9.17, 15) is 4.39 Å². The molecule has 0 aliphatic carbocycles. The van der Waals surface area contributed by atoms with Gasteiger partial charge in [-0.05, 0) is 49.2 Å². The zero-order valence-electron chi connectivity index (χ0n) is 19.7. The van der Waals surface area contributed by atoms with Crippen molar-refractivity contribution in [2.24, 2.45) is 0 Å². The van der Waals surface area contributed by atoms with Crippen LogP contribution in [-0.4, -0.2) is 30.4 Å². The van der Waals surface area contributed by atoms with Gasteiger partial charge >= 0.3 is 0 Å². The fourth-order valence-electron chi connectivity index (χ4n) is 3.83. The lowest BCUT2D eigenvalue weighted by atomic mass is 10.1. The standard InChI is InChI=1S/C27H38FNO3/c1-3-5-7-8-9-11-19-30-22-15-13-21(14-16-22)23-17-18-25(27(28)29-23)31-20-26-24(32-26)12-10-6-4-2/h13-18,24,26H,3-12,19-20H2,1-2H3/t24-,26?/m0/s1. The molecule has 4 nitrogen and oxygen atoms in total. The molecule has 1 aliphatic rings. The molecule has 0 radical (unpaired) electrons. The highest BCUT2D eigenvalue weighted by atomic mass is 19.1. The Balaban J connectivity index is 1.40. The summed E-state index contributed by atoms with van der Waals surface area (Å²) in [4.78, 5) is 4.09. The van der Waals surface area contributed by atoms with Crippen LogP contribution in [0.15, 0.2) is 36.4 Å². The van der Waals surface area contributed by atoms with Gasteiger partial charge in [0.15, 0.2) is 5.75 Å². The zero-order chi connectivity index (χ0) is 22.6. The molecule has 2 aromatic rings. The van der Waals surface area contributed by atoms with Crippen LogP contribution in [0.5, 0.6) is 11.5 Å². The molecule has 1 unspecified atom stereocenters. The summed E-state index contributed by atoms with van der Waals surface area (Å²) in [5, 5.41) is 0. The number of epoxide rings is 1. The maximum atomic E-state index is 14.4. The number of hydrogen-bond donors (Lipinski definition) is 0. The third-order valence-electron chi connectivity index (χ3n) is 5.91. The first-order valence-electron chi connectivity index (χ1n) is 12.4. The van der Waals surface area contributed by atoms with Gasteiger partial charge in [-0.1, -0.05) is 65.2 Å². The average molecular weight is 444 g/mol. The minimum Gasteiger partial charge on any atom is -0.494 e. The summed E-state index contributed by atoms with van der Waals surface area (Å²) >= 11 is 0. The van der Waals surface area contributed by atoms with Gasteiger partial charge in [-0.3, -0.25) is 0 Å². The third kappa shape index (κ3) is 8.09. The van der Waals surface area contributed by atoms with Gasteiger partial charge in [-0.15, -0.1) is 0 Å². The number of unbranched alkanes of at least 4 members (excludes halogenated alkanes) is 7. The first-order chi connectivity index (χ1) is 15.7. The molecule has 0 amide bonds. The van der Waals surface area contributed by atoms with Crippen molar-refractivity contribution in [2.45, 2.75) is 90.3 Å². The Labute approximate surface area is 192 Å². The highest BCUT2D eigenvalue weighted by molar-refractivity contribution is 5.60. The Hall–Kier alpha value is -2.14. The highest BCUT2D eigenvalue weighted by Gasteiger charge is 2.38. The van der Waals surface area contributed by atoms with Crippen LogP contribution >= 0.6 is 0 Å². The van der Waals surface area contributed by atoms with E-state index in [0.29, 0.717) is 12.3 Å². The molecule has 0 saturated carbocycles. The van der Waals surface area contributed by atoms with E-state index in [1.54, 1.807) is 12.1 Å². The van der Waals surface area contributed by atoms with Gasteiger partial charge in [0.2, 0.25) is 0 Å². The van der Waals surface area contributed by atoms with Crippen molar-refractivity contribution in [3.05, 3.63) is 42.3 Å². The predicted molar refractivity (Wildman–Crippen MR) is 127 cm³/mol. The topological polar surface area (TPSA) is 43.9 Å². The Bertz CT molecular complexity index is 796. The number of nitrogens with zero attached hydrogens (tertiary/aromatic N) is 1. The molecular weight excluding hydrogens is 405 g/mol. The number of halogens is 1. The molecule has 1 saturated heterocycles. The Morgan fingerprint density at radius 2 is 1.53 bits per heavy atom. The lowest BCUT2D eigenvalue weighted by molar-refractivity contribution is 0.248. The minimum atomic E-state index is -0.589. The van der Waals surface area contributed by atoms with Gasteiger partial charge in [0.25, 0.3) is 5.95 Å². The Kier molecular flexibility index (Phi) is 10.3. The van der Waals surface area contributed by atoms with Gasteiger partial charge in [0, 0.05) is 5.56 Å². The molecule has 3 rings (SSSR count). The average Bonchev–Trinajstić information content (AvgIpc) is 3.56. The van der Waals surface area contributed by atoms with Crippen LogP contribution in [0.2, 0.25) is 0 Å². The van der Waals surface area contributed by atoms with Crippen molar-refractivity contribution in [1.29, 1.82) is 0 Å². The summed E-state index contributed by atoms with van der Waals surface area (Å²) in [6.07, 6.45) is 12.5. The molecule has 1 aliphatic heterocycles. The van der Waals surface area contributed by atoms with Crippen LogP contribution in [0.25, 0.3) is 11.3 Å². The molecule has 176 valence electrons. The molecule has 5 heteroatoms. The first-order valence-corrected chi connectivity index (χ1v) is 12.4. The van der Waals surface area contributed by atoms with E-state index in [0.717, 1.165) is 30.8 Å². The van der Waals surface area contributed by atoms with Crippen molar-refractivity contribution in [3.63, 3.8) is 0 Å². The van der Waals surface area contributed by atoms with Crippen LogP contribution in [0, 0.1) is 5.95 Å². The number of aromatic nitrogens is 1. The summed E-state index contributed by atoms with van der Waals surface area (Å²) in [6.45, 7) is 5.52. The monoisotopic (exact) mass is 443 g/mol. The molecule has 2 heterocycles. The third-order valence-corrected chi connectivity index (χ3v) is 5.91. The van der Waals surface area contributed by atoms with Crippen LogP contribution in [0.3, 0.4) is 0 Å². The lowest BCUT2D eigenvalue weighted by Crippen LogP contribution is -2.09. The number of hydrogen-bond acceptors (Lipinski definition) is 4. The van der Waals surface area contributed by atoms with Crippen LogP contribution in [0.1, 0.15) is 78.1 Å². The van der Waals surface area contributed by atoms with Crippen molar-refractivity contribution >= 4 is 0 Å². The summed E-state index contributed by atoms with van der Waals surface area (Å²) < 4.78 is 31.5. The van der Waals surface area contributed by atoms with Crippen molar-refractivity contribution in [1.82, 2.24) is 4.98 Å². The fourth-order valence-corrected chi connectivity index (χ4v) is 3.83. The van der Waals surface area contributed by atoms with Gasteiger partial charge in [0.05, 0.1) is 18.4 Å². The molecule has 2 atom stereocenters. The zero-order valence-corrected chi connectivity index (χ0v) is 19.7. The van der Waals surface area contributed by atoms with E-state index >= 15 is 0 Å². The van der Waals surface area contributed by atoms with Crippen molar-refractivity contribution in [3.8, 4) is 22.8 Å². The SMILES string of the molecule is CCCCCCCCOc1ccc(-c2ccc(OCC3O[C@H]3CCCCC)c(F)n2)cc1. The molecule has 0 spiro atoms. The predicted octanol–water partition coefficient (Wildman–Crippen LogP) is 7.35. The van der Waals surface area contributed by atoms with E-state index in [4.69, 9.17) is 14.2 Å². The minimum absolute atomic E-state index is 0.0785. The van der Waals surface area contributed by atoms with Gasteiger partial charge in [-0.2, -0.15) is 4.39 Å². The Morgan fingerprint density at radius 1 is 0.812 bits per heavy atom. The van der Waals surface area contributed by atoms with E-state index in [-0.39, 0.29) is 18.0 Å². The van der Waals surface area contributed by atoms with Gasteiger partial charge in [-0.25, -0.2) is 4.98 Å². The van der Waals surface area contributed by atoms with Crippen LogP contribution in [0.4, 0.5) is 4.39 Å². The second kappa shape index (κ2) is 13.4. The second-order valence-electron chi connectivity index (χ2n) is 8.65. The smallest absolute Gasteiger partial charge is 0.255 e. The quantitative estimate of drug-likeness (QED) is 0.154. The maximum absolute atomic E-state index is 14.4. The molecule has 0 N–H and O–H groups in total. The molecular formula is C27H38FNO3. The molecule has 32 heavy (non-hydrogen) atoms. The number of pyridine rings is 1. The number of ether oxygens (including phenoxy) is 3.